The first-order valence-electron chi connectivity index (χ1n) is 7.66. The number of hydrogen-bond donors (Lipinski definition) is 2. The first-order chi connectivity index (χ1) is 8.91. The molecule has 0 aliphatic carbocycles. The van der Waals surface area contributed by atoms with Gasteiger partial charge in [-0.1, -0.05) is 13.8 Å². The van der Waals surface area contributed by atoms with Crippen molar-refractivity contribution in [1.82, 2.24) is 15.1 Å². The molecule has 4 nitrogen and oxygen atoms in total. The summed E-state index contributed by atoms with van der Waals surface area (Å²) in [6, 6.07) is 0.670. The van der Waals surface area contributed by atoms with Gasteiger partial charge < -0.3 is 20.2 Å². The lowest BCUT2D eigenvalue weighted by Gasteiger charge is -2.31. The van der Waals surface area contributed by atoms with Gasteiger partial charge >= 0.3 is 0 Å². The van der Waals surface area contributed by atoms with Gasteiger partial charge in [-0.05, 0) is 46.3 Å². The minimum atomic E-state index is -0.130. The van der Waals surface area contributed by atoms with E-state index in [0.29, 0.717) is 6.04 Å². The third kappa shape index (κ3) is 5.03. The molecule has 4 heteroatoms. The van der Waals surface area contributed by atoms with Crippen LogP contribution in [0.5, 0.6) is 0 Å². The Morgan fingerprint density at radius 3 is 2.53 bits per heavy atom. The average Bonchev–Trinajstić information content (AvgIpc) is 2.75. The third-order valence-electron chi connectivity index (χ3n) is 4.44. The second-order valence-corrected chi connectivity index (χ2v) is 6.66. The van der Waals surface area contributed by atoms with Gasteiger partial charge in [0.1, 0.15) is 0 Å². The molecular weight excluding hydrogens is 238 g/mol. The first-order valence-corrected chi connectivity index (χ1v) is 7.66. The van der Waals surface area contributed by atoms with Gasteiger partial charge in [-0.2, -0.15) is 0 Å². The lowest BCUT2D eigenvalue weighted by Crippen LogP contribution is -2.48. The molecule has 3 atom stereocenters. The van der Waals surface area contributed by atoms with E-state index < -0.39 is 0 Å². The van der Waals surface area contributed by atoms with E-state index in [9.17, 15) is 5.11 Å². The van der Waals surface area contributed by atoms with Crippen LogP contribution in [0.3, 0.4) is 0 Å². The van der Waals surface area contributed by atoms with Crippen LogP contribution in [0.15, 0.2) is 0 Å². The van der Waals surface area contributed by atoms with Crippen LogP contribution in [0.4, 0.5) is 0 Å². The SMILES string of the molecule is CCCNC(C)(CO)CCN1CC(C)C(N(C)C)C1. The van der Waals surface area contributed by atoms with Crippen molar-refractivity contribution in [3.8, 4) is 0 Å². The van der Waals surface area contributed by atoms with Crippen LogP contribution in [0.25, 0.3) is 0 Å². The van der Waals surface area contributed by atoms with E-state index in [2.05, 4.69) is 50.0 Å². The predicted molar refractivity (Wildman–Crippen MR) is 81.5 cm³/mol. The van der Waals surface area contributed by atoms with Crippen LogP contribution in [0.2, 0.25) is 0 Å². The maximum absolute atomic E-state index is 9.59. The highest BCUT2D eigenvalue weighted by molar-refractivity contribution is 4.89. The Morgan fingerprint density at radius 1 is 1.37 bits per heavy atom. The number of nitrogens with zero attached hydrogens (tertiary/aromatic N) is 2. The Hall–Kier alpha value is -0.160. The summed E-state index contributed by atoms with van der Waals surface area (Å²) < 4.78 is 0. The molecule has 2 N–H and O–H groups in total. The first kappa shape index (κ1) is 16.9. The van der Waals surface area contributed by atoms with Crippen molar-refractivity contribution in [1.29, 1.82) is 0 Å². The molecule has 1 aliphatic heterocycles. The lowest BCUT2D eigenvalue weighted by molar-refractivity contribution is 0.149. The Kier molecular flexibility index (Phi) is 6.74. The monoisotopic (exact) mass is 271 g/mol. The zero-order valence-corrected chi connectivity index (χ0v) is 13.4. The predicted octanol–water partition coefficient (Wildman–Crippen LogP) is 1.01. The summed E-state index contributed by atoms with van der Waals surface area (Å²) in [5, 5.41) is 13.1. The van der Waals surface area contributed by atoms with Crippen molar-refractivity contribution >= 4 is 0 Å². The summed E-state index contributed by atoms with van der Waals surface area (Å²) in [6.07, 6.45) is 2.12. The Balaban J connectivity index is 2.39. The molecule has 114 valence electrons. The summed E-state index contributed by atoms with van der Waals surface area (Å²) in [5.74, 6) is 0.735. The second kappa shape index (κ2) is 7.58. The van der Waals surface area contributed by atoms with E-state index in [0.717, 1.165) is 38.4 Å². The lowest BCUT2D eigenvalue weighted by atomic mass is 9.98. The van der Waals surface area contributed by atoms with Gasteiger partial charge in [0.05, 0.1) is 6.61 Å². The van der Waals surface area contributed by atoms with Crippen molar-refractivity contribution in [2.45, 2.75) is 45.2 Å². The molecule has 1 heterocycles. The second-order valence-electron chi connectivity index (χ2n) is 6.66. The number of rotatable bonds is 8. The van der Waals surface area contributed by atoms with E-state index in [4.69, 9.17) is 0 Å². The Morgan fingerprint density at radius 2 is 2.05 bits per heavy atom. The molecule has 0 bridgehead atoms. The Bertz CT molecular complexity index is 260. The van der Waals surface area contributed by atoms with Gasteiger partial charge in [-0.15, -0.1) is 0 Å². The number of aliphatic hydroxyl groups is 1. The summed E-state index contributed by atoms with van der Waals surface area (Å²) in [4.78, 5) is 4.88. The molecule has 1 fully saturated rings. The molecule has 0 radical (unpaired) electrons. The van der Waals surface area contributed by atoms with Gasteiger partial charge in [0.2, 0.25) is 0 Å². The minimum absolute atomic E-state index is 0.130. The summed E-state index contributed by atoms with van der Waals surface area (Å²) in [6.45, 7) is 11.2. The van der Waals surface area contributed by atoms with E-state index in [1.165, 1.54) is 6.54 Å². The molecule has 0 aromatic heterocycles. The third-order valence-corrected chi connectivity index (χ3v) is 4.44. The minimum Gasteiger partial charge on any atom is -0.394 e. The summed E-state index contributed by atoms with van der Waals surface area (Å²) in [5.41, 5.74) is -0.130. The molecule has 1 aliphatic rings. The van der Waals surface area contributed by atoms with Crippen molar-refractivity contribution in [3.05, 3.63) is 0 Å². The molecule has 3 unspecified atom stereocenters. The van der Waals surface area contributed by atoms with E-state index in [1.807, 2.05) is 0 Å². The average molecular weight is 271 g/mol. The summed E-state index contributed by atoms with van der Waals surface area (Å²) >= 11 is 0. The highest BCUT2D eigenvalue weighted by Crippen LogP contribution is 2.21. The number of likely N-dealkylation sites (tertiary alicyclic amines) is 1. The molecule has 19 heavy (non-hydrogen) atoms. The molecule has 0 aromatic carbocycles. The molecule has 0 amide bonds. The zero-order chi connectivity index (χ0) is 14.5. The van der Waals surface area contributed by atoms with Gasteiger partial charge in [0, 0.05) is 31.2 Å². The largest absolute Gasteiger partial charge is 0.394 e. The van der Waals surface area contributed by atoms with Gasteiger partial charge in [0.25, 0.3) is 0 Å². The number of likely N-dealkylation sites (N-methyl/N-ethyl adjacent to an activating group) is 1. The molecule has 0 spiro atoms. The van der Waals surface area contributed by atoms with Gasteiger partial charge in [0.15, 0.2) is 0 Å². The molecule has 1 saturated heterocycles. The highest BCUT2D eigenvalue weighted by atomic mass is 16.3. The summed E-state index contributed by atoms with van der Waals surface area (Å²) in [7, 11) is 4.34. The van der Waals surface area contributed by atoms with Crippen molar-refractivity contribution < 1.29 is 5.11 Å². The van der Waals surface area contributed by atoms with Crippen LogP contribution in [-0.4, -0.2) is 73.4 Å². The van der Waals surface area contributed by atoms with E-state index in [1.54, 1.807) is 0 Å². The Labute approximate surface area is 119 Å². The fraction of sp³-hybridized carbons (Fsp3) is 1.00. The van der Waals surface area contributed by atoms with Crippen LogP contribution in [0, 0.1) is 5.92 Å². The van der Waals surface area contributed by atoms with Crippen molar-refractivity contribution in [3.63, 3.8) is 0 Å². The highest BCUT2D eigenvalue weighted by Gasteiger charge is 2.32. The standard InChI is InChI=1S/C15H33N3O/c1-6-8-16-15(3,12-19)7-9-18-10-13(2)14(11-18)17(4)5/h13-14,16,19H,6-12H2,1-5H3. The van der Waals surface area contributed by atoms with Gasteiger partial charge in [-0.3, -0.25) is 0 Å². The van der Waals surface area contributed by atoms with Crippen LogP contribution in [-0.2, 0) is 0 Å². The topological polar surface area (TPSA) is 38.7 Å². The van der Waals surface area contributed by atoms with E-state index >= 15 is 0 Å². The number of aliphatic hydroxyl groups excluding tert-OH is 1. The zero-order valence-electron chi connectivity index (χ0n) is 13.4. The van der Waals surface area contributed by atoms with Crippen LogP contribution >= 0.6 is 0 Å². The normalized spacial score (nSPS) is 27.9. The molecule has 0 saturated carbocycles. The molecule has 0 aromatic rings. The number of hydrogen-bond acceptors (Lipinski definition) is 4. The molecular formula is C15H33N3O. The fourth-order valence-electron chi connectivity index (χ4n) is 2.96. The van der Waals surface area contributed by atoms with Crippen molar-refractivity contribution in [2.24, 2.45) is 5.92 Å². The number of nitrogens with one attached hydrogen (secondary N) is 1. The van der Waals surface area contributed by atoms with E-state index in [-0.39, 0.29) is 12.1 Å². The molecule has 1 rings (SSSR count). The maximum Gasteiger partial charge on any atom is 0.0611 e. The quantitative estimate of drug-likeness (QED) is 0.691. The smallest absolute Gasteiger partial charge is 0.0611 e. The van der Waals surface area contributed by atoms with Gasteiger partial charge in [-0.25, -0.2) is 0 Å². The van der Waals surface area contributed by atoms with Crippen molar-refractivity contribution in [2.75, 3.05) is 46.9 Å². The maximum atomic E-state index is 9.59. The van der Waals surface area contributed by atoms with Crippen LogP contribution < -0.4 is 5.32 Å². The van der Waals surface area contributed by atoms with Crippen LogP contribution in [0.1, 0.15) is 33.6 Å². The fourth-order valence-corrected chi connectivity index (χ4v) is 2.96.